The van der Waals surface area contributed by atoms with Crippen molar-refractivity contribution in [3.63, 3.8) is 0 Å². The molecule has 22 heavy (non-hydrogen) atoms. The van der Waals surface area contributed by atoms with Crippen LogP contribution in [-0.2, 0) is 4.74 Å². The summed E-state index contributed by atoms with van der Waals surface area (Å²) in [5.74, 6) is 0.532. The molecule has 1 fully saturated rings. The van der Waals surface area contributed by atoms with Gasteiger partial charge in [-0.2, -0.15) is 5.26 Å². The third-order valence-corrected chi connectivity index (χ3v) is 3.59. The maximum Gasteiger partial charge on any atom is 0.287 e. The normalized spacial score (nSPS) is 15.3. The number of nitriles is 1. The van der Waals surface area contributed by atoms with Crippen LogP contribution < -0.4 is 4.74 Å². The molecule has 1 aromatic carbocycles. The van der Waals surface area contributed by atoms with E-state index < -0.39 is 4.92 Å². The van der Waals surface area contributed by atoms with Gasteiger partial charge in [0, 0.05) is 31.8 Å². The maximum absolute atomic E-state index is 10.9. The smallest absolute Gasteiger partial charge is 0.287 e. The highest BCUT2D eigenvalue weighted by Crippen LogP contribution is 2.27. The summed E-state index contributed by atoms with van der Waals surface area (Å²) in [6, 6.07) is 4.67. The van der Waals surface area contributed by atoms with Gasteiger partial charge in [-0.05, 0) is 18.9 Å². The monoisotopic (exact) mass is 305 g/mol. The van der Waals surface area contributed by atoms with Gasteiger partial charge in [-0.25, -0.2) is 0 Å². The molecule has 118 valence electrons. The minimum absolute atomic E-state index is 0.0266. The highest BCUT2D eigenvalue weighted by atomic mass is 16.6. The Kier molecular flexibility index (Phi) is 5.69. The van der Waals surface area contributed by atoms with Crippen LogP contribution in [0.4, 0.5) is 5.69 Å². The molecule has 1 heterocycles. The van der Waals surface area contributed by atoms with Crippen molar-refractivity contribution in [3.8, 4) is 11.8 Å². The van der Waals surface area contributed by atoms with E-state index in [0.29, 0.717) is 17.9 Å². The summed E-state index contributed by atoms with van der Waals surface area (Å²) in [5, 5.41) is 19.9. The average molecular weight is 305 g/mol. The molecule has 0 saturated carbocycles. The van der Waals surface area contributed by atoms with Gasteiger partial charge in [0.1, 0.15) is 17.4 Å². The average Bonchev–Trinajstić information content (AvgIpc) is 2.53. The lowest BCUT2D eigenvalue weighted by Crippen LogP contribution is -2.37. The van der Waals surface area contributed by atoms with Gasteiger partial charge in [0.25, 0.3) is 5.69 Å². The van der Waals surface area contributed by atoms with Gasteiger partial charge in [-0.1, -0.05) is 0 Å². The van der Waals surface area contributed by atoms with Gasteiger partial charge in [0.2, 0.25) is 0 Å². The third-order valence-electron chi connectivity index (χ3n) is 3.59. The fraction of sp³-hybridized carbons (Fsp3) is 0.533. The van der Waals surface area contributed by atoms with Crippen molar-refractivity contribution in [1.29, 1.82) is 5.26 Å². The highest BCUT2D eigenvalue weighted by molar-refractivity contribution is 5.55. The molecule has 1 aromatic rings. The first-order valence-electron chi connectivity index (χ1n) is 7.24. The molecule has 7 nitrogen and oxygen atoms in total. The van der Waals surface area contributed by atoms with Crippen LogP contribution in [0.25, 0.3) is 0 Å². The molecule has 0 spiro atoms. The molecule has 7 heteroatoms. The van der Waals surface area contributed by atoms with Crippen LogP contribution in [0.15, 0.2) is 12.1 Å². The second kappa shape index (κ2) is 7.73. The predicted octanol–water partition coefficient (Wildman–Crippen LogP) is 1.88. The number of hydrogen-bond donors (Lipinski definition) is 0. The first-order valence-corrected chi connectivity index (χ1v) is 7.24. The second-order valence-corrected chi connectivity index (χ2v) is 5.16. The Labute approximate surface area is 129 Å². The lowest BCUT2D eigenvalue weighted by atomic mass is 10.1. The van der Waals surface area contributed by atoms with Crippen LogP contribution >= 0.6 is 0 Å². The zero-order chi connectivity index (χ0) is 15.9. The number of benzene rings is 1. The topological polar surface area (TPSA) is 88.6 Å². The largest absolute Gasteiger partial charge is 0.493 e. The van der Waals surface area contributed by atoms with Gasteiger partial charge < -0.3 is 9.47 Å². The van der Waals surface area contributed by atoms with E-state index >= 15 is 0 Å². The molecule has 0 bridgehead atoms. The Bertz CT molecular complexity index is 577. The molecule has 2 rings (SSSR count). The van der Waals surface area contributed by atoms with Crippen molar-refractivity contribution in [2.24, 2.45) is 0 Å². The van der Waals surface area contributed by atoms with Crippen LogP contribution in [0.5, 0.6) is 5.75 Å². The second-order valence-electron chi connectivity index (χ2n) is 5.16. The number of morpholine rings is 1. The molecule has 1 saturated heterocycles. The van der Waals surface area contributed by atoms with E-state index in [2.05, 4.69) is 4.90 Å². The summed E-state index contributed by atoms with van der Waals surface area (Å²) in [6.07, 6.45) is 0.859. The molecular weight excluding hydrogens is 286 g/mol. The van der Waals surface area contributed by atoms with Gasteiger partial charge in [-0.3, -0.25) is 15.0 Å². The fourth-order valence-corrected chi connectivity index (χ4v) is 2.36. The molecule has 1 aliphatic rings. The molecule has 0 aromatic heterocycles. The SMILES string of the molecule is Cc1cc([N+](=O)[O-])c(C#N)cc1OCCCN1CCOCC1. The van der Waals surface area contributed by atoms with E-state index in [0.717, 1.165) is 39.3 Å². The number of nitro groups is 1. The summed E-state index contributed by atoms with van der Waals surface area (Å²) in [7, 11) is 0. The Morgan fingerprint density at radius 2 is 2.18 bits per heavy atom. The molecule has 0 unspecified atom stereocenters. The van der Waals surface area contributed by atoms with Crippen molar-refractivity contribution in [2.45, 2.75) is 13.3 Å². The lowest BCUT2D eigenvalue weighted by molar-refractivity contribution is -0.385. The number of ether oxygens (including phenoxy) is 2. The van der Waals surface area contributed by atoms with Crippen molar-refractivity contribution in [1.82, 2.24) is 4.90 Å². The Morgan fingerprint density at radius 3 is 2.82 bits per heavy atom. The fourth-order valence-electron chi connectivity index (χ4n) is 2.36. The number of rotatable bonds is 6. The van der Waals surface area contributed by atoms with Gasteiger partial charge in [0.05, 0.1) is 24.7 Å². The molecule has 0 radical (unpaired) electrons. The van der Waals surface area contributed by atoms with Crippen LogP contribution in [0.3, 0.4) is 0 Å². The standard InChI is InChI=1S/C15H19N3O4/c1-12-9-14(18(19)20)13(11-16)10-15(12)22-6-2-3-17-4-7-21-8-5-17/h9-10H,2-8H2,1H3. The predicted molar refractivity (Wildman–Crippen MR) is 79.9 cm³/mol. The minimum atomic E-state index is -0.548. The Hall–Kier alpha value is -2.17. The molecule has 1 aliphatic heterocycles. The van der Waals surface area contributed by atoms with Crippen LogP contribution in [-0.4, -0.2) is 49.3 Å². The van der Waals surface area contributed by atoms with Crippen LogP contribution in [0.2, 0.25) is 0 Å². The van der Waals surface area contributed by atoms with Crippen LogP contribution in [0, 0.1) is 28.4 Å². The number of hydrogen-bond acceptors (Lipinski definition) is 6. The van der Waals surface area contributed by atoms with Crippen LogP contribution in [0.1, 0.15) is 17.5 Å². The van der Waals surface area contributed by atoms with Crippen molar-refractivity contribution in [2.75, 3.05) is 39.5 Å². The molecular formula is C15H19N3O4. The van der Waals surface area contributed by atoms with E-state index in [4.69, 9.17) is 14.7 Å². The Balaban J connectivity index is 1.89. The maximum atomic E-state index is 10.9. The van der Waals surface area contributed by atoms with E-state index in [-0.39, 0.29) is 11.3 Å². The molecule has 0 atom stereocenters. The van der Waals surface area contributed by atoms with Crippen molar-refractivity contribution >= 4 is 5.69 Å². The molecule has 0 aliphatic carbocycles. The van der Waals surface area contributed by atoms with Gasteiger partial charge in [0.15, 0.2) is 0 Å². The summed E-state index contributed by atoms with van der Waals surface area (Å²) in [5.41, 5.74) is 0.511. The lowest BCUT2D eigenvalue weighted by Gasteiger charge is -2.26. The summed E-state index contributed by atoms with van der Waals surface area (Å²) in [4.78, 5) is 12.6. The quantitative estimate of drug-likeness (QED) is 0.453. The summed E-state index contributed by atoms with van der Waals surface area (Å²) in [6.45, 7) is 6.61. The van der Waals surface area contributed by atoms with E-state index in [1.165, 1.54) is 12.1 Å². The first kappa shape index (κ1) is 16.2. The number of nitro benzene ring substituents is 1. The first-order chi connectivity index (χ1) is 10.6. The zero-order valence-corrected chi connectivity index (χ0v) is 12.6. The van der Waals surface area contributed by atoms with Crippen molar-refractivity contribution in [3.05, 3.63) is 33.4 Å². The third kappa shape index (κ3) is 4.16. The summed E-state index contributed by atoms with van der Waals surface area (Å²) >= 11 is 0. The minimum Gasteiger partial charge on any atom is -0.493 e. The van der Waals surface area contributed by atoms with Gasteiger partial charge in [-0.15, -0.1) is 0 Å². The zero-order valence-electron chi connectivity index (χ0n) is 12.6. The van der Waals surface area contributed by atoms with E-state index in [1.54, 1.807) is 6.92 Å². The number of aryl methyl sites for hydroxylation is 1. The summed E-state index contributed by atoms with van der Waals surface area (Å²) < 4.78 is 11.0. The number of nitrogens with zero attached hydrogens (tertiary/aromatic N) is 3. The molecule has 0 N–H and O–H groups in total. The van der Waals surface area contributed by atoms with Gasteiger partial charge >= 0.3 is 0 Å². The molecule has 0 amide bonds. The van der Waals surface area contributed by atoms with E-state index in [9.17, 15) is 10.1 Å². The van der Waals surface area contributed by atoms with Crippen molar-refractivity contribution < 1.29 is 14.4 Å². The highest BCUT2D eigenvalue weighted by Gasteiger charge is 2.17. The van der Waals surface area contributed by atoms with E-state index in [1.807, 2.05) is 6.07 Å². The Morgan fingerprint density at radius 1 is 1.45 bits per heavy atom.